The second kappa shape index (κ2) is 5.47. The zero-order valence-corrected chi connectivity index (χ0v) is 9.74. The molecule has 1 aromatic heterocycles. The average molecular weight is 269 g/mol. The molecule has 15 heavy (non-hydrogen) atoms. The number of aromatic nitrogens is 1. The summed E-state index contributed by atoms with van der Waals surface area (Å²) in [6.45, 7) is 2.11. The van der Waals surface area contributed by atoms with Crippen LogP contribution in [0.5, 0.6) is 0 Å². The molecule has 1 heterocycles. The molecule has 0 amide bonds. The minimum Gasteiger partial charge on any atom is -0.466 e. The Kier molecular flexibility index (Phi) is 4.25. The molecule has 0 bridgehead atoms. The van der Waals surface area contributed by atoms with Crippen molar-refractivity contribution in [3.63, 3.8) is 0 Å². The third-order valence-electron chi connectivity index (χ3n) is 1.62. The van der Waals surface area contributed by atoms with Gasteiger partial charge in [-0.3, -0.25) is 4.79 Å². The Morgan fingerprint density at radius 3 is 3.00 bits per heavy atom. The van der Waals surface area contributed by atoms with Crippen molar-refractivity contribution in [2.24, 2.45) is 0 Å². The van der Waals surface area contributed by atoms with E-state index in [1.807, 2.05) is 6.07 Å². The minimum absolute atomic E-state index is 0.156. The summed E-state index contributed by atoms with van der Waals surface area (Å²) in [7, 11) is 0. The van der Waals surface area contributed by atoms with Crippen LogP contribution >= 0.6 is 15.9 Å². The predicted octanol–water partition coefficient (Wildman–Crippen LogP) is 1.82. The van der Waals surface area contributed by atoms with Gasteiger partial charge < -0.3 is 4.74 Å². The molecule has 0 saturated heterocycles. The largest absolute Gasteiger partial charge is 0.466 e. The molecule has 78 valence electrons. The van der Waals surface area contributed by atoms with Crippen LogP contribution in [0.3, 0.4) is 0 Å². The summed E-state index contributed by atoms with van der Waals surface area (Å²) in [5.74, 6) is -0.306. The molecule has 0 aliphatic carbocycles. The Hall–Kier alpha value is -1.41. The first-order chi connectivity index (χ1) is 7.15. The molecule has 0 atom stereocenters. The molecule has 5 heteroatoms. The number of hydrogen-bond donors (Lipinski definition) is 0. The van der Waals surface area contributed by atoms with Crippen molar-refractivity contribution in [1.29, 1.82) is 5.26 Å². The number of nitrogens with zero attached hydrogens (tertiary/aromatic N) is 2. The summed E-state index contributed by atoms with van der Waals surface area (Å²) in [4.78, 5) is 15.1. The molecule has 0 saturated carbocycles. The van der Waals surface area contributed by atoms with Crippen molar-refractivity contribution in [2.75, 3.05) is 6.61 Å². The van der Waals surface area contributed by atoms with Crippen LogP contribution in [0, 0.1) is 11.3 Å². The maximum Gasteiger partial charge on any atom is 0.310 e. The van der Waals surface area contributed by atoms with Crippen LogP contribution in [-0.2, 0) is 16.0 Å². The second-order valence-electron chi connectivity index (χ2n) is 2.78. The smallest absolute Gasteiger partial charge is 0.310 e. The van der Waals surface area contributed by atoms with Gasteiger partial charge in [0.25, 0.3) is 0 Å². The number of carbonyl (C=O) groups excluding carboxylic acids is 1. The van der Waals surface area contributed by atoms with Crippen molar-refractivity contribution in [1.82, 2.24) is 4.98 Å². The first kappa shape index (κ1) is 11.7. The van der Waals surface area contributed by atoms with Gasteiger partial charge in [0.15, 0.2) is 0 Å². The molecule has 0 spiro atoms. The molecule has 1 aromatic rings. The van der Waals surface area contributed by atoms with Crippen molar-refractivity contribution in [3.8, 4) is 6.07 Å². The van der Waals surface area contributed by atoms with Gasteiger partial charge in [-0.25, -0.2) is 4.98 Å². The van der Waals surface area contributed by atoms with E-state index in [-0.39, 0.29) is 18.1 Å². The zero-order chi connectivity index (χ0) is 11.3. The summed E-state index contributed by atoms with van der Waals surface area (Å²) < 4.78 is 5.34. The van der Waals surface area contributed by atoms with E-state index in [2.05, 4.69) is 20.9 Å². The van der Waals surface area contributed by atoms with Crippen molar-refractivity contribution in [2.45, 2.75) is 13.3 Å². The Labute approximate surface area is 96.0 Å². The molecular weight excluding hydrogens is 260 g/mol. The maximum atomic E-state index is 11.2. The van der Waals surface area contributed by atoms with E-state index in [1.54, 1.807) is 19.1 Å². The number of esters is 1. The van der Waals surface area contributed by atoms with E-state index >= 15 is 0 Å². The van der Waals surface area contributed by atoms with Gasteiger partial charge in [0.2, 0.25) is 0 Å². The number of nitriles is 1. The van der Waals surface area contributed by atoms with Crippen LogP contribution in [0.15, 0.2) is 16.7 Å². The first-order valence-electron chi connectivity index (χ1n) is 4.38. The van der Waals surface area contributed by atoms with E-state index in [0.717, 1.165) is 0 Å². The van der Waals surface area contributed by atoms with Gasteiger partial charge in [0, 0.05) is 0 Å². The first-order valence-corrected chi connectivity index (χ1v) is 5.17. The lowest BCUT2D eigenvalue weighted by Crippen LogP contribution is -2.07. The van der Waals surface area contributed by atoms with Crippen molar-refractivity contribution in [3.05, 3.63) is 28.0 Å². The molecule has 1 rings (SSSR count). The summed E-state index contributed by atoms with van der Waals surface area (Å²) in [5.41, 5.74) is 0.996. The highest BCUT2D eigenvalue weighted by atomic mass is 79.9. The number of carbonyl (C=O) groups is 1. The highest BCUT2D eigenvalue weighted by Crippen LogP contribution is 2.12. The third-order valence-corrected chi connectivity index (χ3v) is 2.03. The molecule has 4 nitrogen and oxygen atoms in total. The van der Waals surface area contributed by atoms with Gasteiger partial charge in [-0.05, 0) is 40.5 Å². The van der Waals surface area contributed by atoms with Crippen LogP contribution in [-0.4, -0.2) is 17.6 Å². The molecule has 0 radical (unpaired) electrons. The Bertz CT molecular complexity index is 412. The third kappa shape index (κ3) is 3.68. The zero-order valence-electron chi connectivity index (χ0n) is 8.16. The highest BCUT2D eigenvalue weighted by molar-refractivity contribution is 9.10. The van der Waals surface area contributed by atoms with E-state index in [1.165, 1.54) is 0 Å². The summed E-state index contributed by atoms with van der Waals surface area (Å²) in [6, 6.07) is 5.18. The molecule has 0 aliphatic heterocycles. The lowest BCUT2D eigenvalue weighted by Gasteiger charge is -2.02. The topological polar surface area (TPSA) is 63.0 Å². The van der Waals surface area contributed by atoms with Crippen molar-refractivity contribution >= 4 is 21.9 Å². The Balaban J connectivity index is 2.82. The number of halogens is 1. The van der Waals surface area contributed by atoms with Crippen LogP contribution in [0.4, 0.5) is 0 Å². The van der Waals surface area contributed by atoms with E-state index in [4.69, 9.17) is 10.00 Å². The van der Waals surface area contributed by atoms with Crippen molar-refractivity contribution < 1.29 is 9.53 Å². The molecule has 0 unspecified atom stereocenters. The lowest BCUT2D eigenvalue weighted by atomic mass is 10.2. The number of ether oxygens (including phenoxy) is 1. The normalized spacial score (nSPS) is 9.40. The van der Waals surface area contributed by atoms with Crippen LogP contribution in [0.2, 0.25) is 0 Å². The molecule has 0 aliphatic rings. The Morgan fingerprint density at radius 1 is 1.67 bits per heavy atom. The fourth-order valence-electron chi connectivity index (χ4n) is 1.09. The minimum atomic E-state index is -0.306. The second-order valence-corrected chi connectivity index (χ2v) is 3.59. The SMILES string of the molecule is CCOC(=O)Cc1cc(Br)nc(C#N)c1. The molecule has 0 aromatic carbocycles. The molecule has 0 fully saturated rings. The standard InChI is InChI=1S/C10H9BrN2O2/c1-2-15-10(14)5-7-3-8(6-12)13-9(11)4-7/h3-4H,2,5H2,1H3. The predicted molar refractivity (Wildman–Crippen MR) is 57.0 cm³/mol. The Morgan fingerprint density at radius 2 is 2.40 bits per heavy atom. The van der Waals surface area contributed by atoms with Gasteiger partial charge in [0.05, 0.1) is 13.0 Å². The van der Waals surface area contributed by atoms with Gasteiger partial charge in [0.1, 0.15) is 16.4 Å². The van der Waals surface area contributed by atoms with Gasteiger partial charge in [-0.1, -0.05) is 0 Å². The summed E-state index contributed by atoms with van der Waals surface area (Å²) in [5, 5.41) is 8.67. The van der Waals surface area contributed by atoms with E-state index in [9.17, 15) is 4.79 Å². The molecule has 0 N–H and O–H groups in total. The fraction of sp³-hybridized carbons (Fsp3) is 0.300. The van der Waals surface area contributed by atoms with Gasteiger partial charge in [-0.15, -0.1) is 0 Å². The van der Waals surface area contributed by atoms with Gasteiger partial charge >= 0.3 is 5.97 Å². The van der Waals surface area contributed by atoms with Crippen LogP contribution in [0.25, 0.3) is 0 Å². The van der Waals surface area contributed by atoms with Crippen LogP contribution < -0.4 is 0 Å². The number of pyridine rings is 1. The highest BCUT2D eigenvalue weighted by Gasteiger charge is 2.06. The lowest BCUT2D eigenvalue weighted by molar-refractivity contribution is -0.142. The summed E-state index contributed by atoms with van der Waals surface area (Å²) >= 11 is 3.17. The monoisotopic (exact) mass is 268 g/mol. The van der Waals surface area contributed by atoms with Crippen LogP contribution in [0.1, 0.15) is 18.2 Å². The van der Waals surface area contributed by atoms with E-state index in [0.29, 0.717) is 16.8 Å². The maximum absolute atomic E-state index is 11.2. The number of rotatable bonds is 3. The fourth-order valence-corrected chi connectivity index (χ4v) is 1.57. The van der Waals surface area contributed by atoms with E-state index < -0.39 is 0 Å². The quantitative estimate of drug-likeness (QED) is 0.620. The summed E-state index contributed by atoms with van der Waals surface area (Å²) in [6.07, 6.45) is 0.156. The van der Waals surface area contributed by atoms with Gasteiger partial charge in [-0.2, -0.15) is 5.26 Å². The number of hydrogen-bond acceptors (Lipinski definition) is 4. The average Bonchev–Trinajstić information content (AvgIpc) is 2.17. The molecular formula is C10H9BrN2O2.